The molecule has 0 aliphatic heterocycles. The number of nitrogens with zero attached hydrogens (tertiary/aromatic N) is 2. The van der Waals surface area contributed by atoms with Crippen LogP contribution in [0.25, 0.3) is 22.2 Å². The number of methoxy groups -OCH3 is 1. The van der Waals surface area contributed by atoms with E-state index in [4.69, 9.17) is 4.74 Å². The molecule has 0 unspecified atom stereocenters. The molecule has 2 aromatic heterocycles. The summed E-state index contributed by atoms with van der Waals surface area (Å²) in [4.78, 5) is 27.6. The second-order valence-corrected chi connectivity index (χ2v) is 6.53. The van der Waals surface area contributed by atoms with Crippen molar-refractivity contribution in [3.63, 3.8) is 0 Å². The number of carbonyl (C=O) groups is 1. The summed E-state index contributed by atoms with van der Waals surface area (Å²) in [7, 11) is 1.61. The van der Waals surface area contributed by atoms with Gasteiger partial charge in [-0.1, -0.05) is 18.2 Å². The van der Waals surface area contributed by atoms with Crippen LogP contribution >= 0.6 is 0 Å². The first-order valence-corrected chi connectivity index (χ1v) is 9.22. The minimum absolute atomic E-state index is 0.220. The van der Waals surface area contributed by atoms with Crippen molar-refractivity contribution in [1.82, 2.24) is 20.1 Å². The number of amides is 1. The number of aromatic amines is 1. The molecule has 2 N–H and O–H groups in total. The van der Waals surface area contributed by atoms with Gasteiger partial charge in [-0.25, -0.2) is 4.68 Å². The van der Waals surface area contributed by atoms with Gasteiger partial charge in [0.05, 0.1) is 19.3 Å². The van der Waals surface area contributed by atoms with Crippen LogP contribution in [0, 0.1) is 0 Å². The number of ether oxygens (including phenoxy) is 1. The van der Waals surface area contributed by atoms with Gasteiger partial charge in [0.2, 0.25) is 0 Å². The van der Waals surface area contributed by atoms with E-state index in [0.717, 1.165) is 22.2 Å². The Hall–Kier alpha value is -3.87. The smallest absolute Gasteiger partial charge is 0.267 e. The monoisotopic (exact) mass is 388 g/mol. The van der Waals surface area contributed by atoms with Crippen molar-refractivity contribution in [3.8, 4) is 17.0 Å². The molecule has 146 valence electrons. The standard InChI is InChI=1S/C22H20N4O3/c1-29-17-8-6-15(7-9-17)19-10-11-21(27)26(25-19)13-12-23-22(28)20-14-16-4-2-3-5-18(16)24-20/h2-11,14,24H,12-13H2,1H3,(H,23,28). The van der Waals surface area contributed by atoms with E-state index in [0.29, 0.717) is 11.4 Å². The van der Waals surface area contributed by atoms with Gasteiger partial charge in [-0.05, 0) is 42.5 Å². The lowest BCUT2D eigenvalue weighted by Gasteiger charge is -2.08. The first-order chi connectivity index (χ1) is 14.1. The summed E-state index contributed by atoms with van der Waals surface area (Å²) < 4.78 is 6.51. The number of nitrogens with one attached hydrogen (secondary N) is 2. The molecule has 0 radical (unpaired) electrons. The van der Waals surface area contributed by atoms with Crippen LogP contribution in [-0.4, -0.2) is 34.3 Å². The van der Waals surface area contributed by atoms with Crippen LogP contribution in [0.3, 0.4) is 0 Å². The lowest BCUT2D eigenvalue weighted by atomic mass is 10.1. The minimum atomic E-state index is -0.222. The molecular weight excluding hydrogens is 368 g/mol. The van der Waals surface area contributed by atoms with E-state index in [2.05, 4.69) is 15.4 Å². The zero-order valence-electron chi connectivity index (χ0n) is 15.9. The Morgan fingerprint density at radius 1 is 1.10 bits per heavy atom. The fourth-order valence-electron chi connectivity index (χ4n) is 3.09. The predicted molar refractivity (Wildman–Crippen MR) is 111 cm³/mol. The highest BCUT2D eigenvalue weighted by atomic mass is 16.5. The molecule has 7 heteroatoms. The molecule has 0 fully saturated rings. The average Bonchev–Trinajstić information content (AvgIpc) is 3.19. The van der Waals surface area contributed by atoms with Crippen molar-refractivity contribution in [1.29, 1.82) is 0 Å². The van der Waals surface area contributed by atoms with Gasteiger partial charge in [0.15, 0.2) is 0 Å². The molecule has 0 bridgehead atoms. The predicted octanol–water partition coefficient (Wildman–Crippen LogP) is 2.83. The highest BCUT2D eigenvalue weighted by molar-refractivity contribution is 5.97. The second-order valence-electron chi connectivity index (χ2n) is 6.53. The van der Waals surface area contributed by atoms with E-state index in [-0.39, 0.29) is 24.6 Å². The SMILES string of the molecule is COc1ccc(-c2ccc(=O)n(CCNC(=O)c3cc4ccccc4[nH]3)n2)cc1. The van der Waals surface area contributed by atoms with Crippen molar-refractivity contribution in [2.45, 2.75) is 6.54 Å². The number of para-hydroxylation sites is 1. The molecule has 0 aliphatic rings. The van der Waals surface area contributed by atoms with Gasteiger partial charge in [-0.15, -0.1) is 0 Å². The number of hydrogen-bond donors (Lipinski definition) is 2. The van der Waals surface area contributed by atoms with Gasteiger partial charge in [0.1, 0.15) is 11.4 Å². The summed E-state index contributed by atoms with van der Waals surface area (Å²) in [5.74, 6) is 0.530. The summed E-state index contributed by atoms with van der Waals surface area (Å²) in [6.45, 7) is 0.558. The molecule has 0 saturated heterocycles. The zero-order valence-corrected chi connectivity index (χ0v) is 15.9. The van der Waals surface area contributed by atoms with Gasteiger partial charge in [0.25, 0.3) is 11.5 Å². The topological polar surface area (TPSA) is 89.0 Å². The first-order valence-electron chi connectivity index (χ1n) is 9.22. The zero-order chi connectivity index (χ0) is 20.2. The van der Waals surface area contributed by atoms with Crippen molar-refractivity contribution in [2.75, 3.05) is 13.7 Å². The summed E-state index contributed by atoms with van der Waals surface area (Å²) in [5.41, 5.74) is 2.72. The Balaban J connectivity index is 1.43. The Kier molecular flexibility index (Phi) is 5.11. The number of fused-ring (bicyclic) bond motifs is 1. The Labute approximate surface area is 167 Å². The van der Waals surface area contributed by atoms with Crippen LogP contribution < -0.4 is 15.6 Å². The van der Waals surface area contributed by atoms with E-state index in [1.54, 1.807) is 19.2 Å². The van der Waals surface area contributed by atoms with Crippen molar-refractivity contribution >= 4 is 16.8 Å². The maximum Gasteiger partial charge on any atom is 0.267 e. The van der Waals surface area contributed by atoms with Gasteiger partial charge < -0.3 is 15.0 Å². The quantitative estimate of drug-likeness (QED) is 0.532. The molecule has 1 amide bonds. The molecule has 0 saturated carbocycles. The normalized spacial score (nSPS) is 10.8. The van der Waals surface area contributed by atoms with E-state index in [1.807, 2.05) is 48.5 Å². The molecule has 4 rings (SSSR count). The van der Waals surface area contributed by atoms with Crippen LogP contribution in [0.1, 0.15) is 10.5 Å². The number of benzene rings is 2. The number of hydrogen-bond acceptors (Lipinski definition) is 4. The van der Waals surface area contributed by atoms with Gasteiger partial charge in [-0.3, -0.25) is 9.59 Å². The summed E-state index contributed by atoms with van der Waals surface area (Å²) in [6.07, 6.45) is 0. The lowest BCUT2D eigenvalue weighted by molar-refractivity contribution is 0.0947. The fourth-order valence-corrected chi connectivity index (χ4v) is 3.09. The third-order valence-corrected chi connectivity index (χ3v) is 4.64. The van der Waals surface area contributed by atoms with Crippen molar-refractivity contribution < 1.29 is 9.53 Å². The number of carbonyl (C=O) groups excluding carboxylic acids is 1. The van der Waals surface area contributed by atoms with Crippen molar-refractivity contribution in [3.05, 3.63) is 82.8 Å². The summed E-state index contributed by atoms with van der Waals surface area (Å²) >= 11 is 0. The van der Waals surface area contributed by atoms with E-state index >= 15 is 0 Å². The second kappa shape index (κ2) is 8.02. The maximum atomic E-state index is 12.4. The number of rotatable bonds is 6. The van der Waals surface area contributed by atoms with Crippen LogP contribution in [0.4, 0.5) is 0 Å². The van der Waals surface area contributed by atoms with Crippen LogP contribution in [0.2, 0.25) is 0 Å². The van der Waals surface area contributed by atoms with Crippen LogP contribution in [0.5, 0.6) is 5.75 Å². The Morgan fingerprint density at radius 3 is 2.66 bits per heavy atom. The molecule has 29 heavy (non-hydrogen) atoms. The molecule has 0 aliphatic carbocycles. The summed E-state index contributed by atoms with van der Waals surface area (Å²) in [5, 5.41) is 8.20. The molecule has 0 atom stereocenters. The molecule has 7 nitrogen and oxygen atoms in total. The molecular formula is C22H20N4O3. The molecule has 0 spiro atoms. The number of H-pyrrole nitrogens is 1. The van der Waals surface area contributed by atoms with Gasteiger partial charge >= 0.3 is 0 Å². The largest absolute Gasteiger partial charge is 0.497 e. The highest BCUT2D eigenvalue weighted by Gasteiger charge is 2.09. The van der Waals surface area contributed by atoms with Crippen molar-refractivity contribution in [2.24, 2.45) is 0 Å². The van der Waals surface area contributed by atoms with E-state index in [1.165, 1.54) is 10.7 Å². The maximum absolute atomic E-state index is 12.4. The molecule has 4 aromatic rings. The summed E-state index contributed by atoms with van der Waals surface area (Å²) in [6, 6.07) is 20.1. The fraction of sp³-hybridized carbons (Fsp3) is 0.136. The first kappa shape index (κ1) is 18.5. The van der Waals surface area contributed by atoms with E-state index < -0.39 is 0 Å². The highest BCUT2D eigenvalue weighted by Crippen LogP contribution is 2.19. The third-order valence-electron chi connectivity index (χ3n) is 4.64. The minimum Gasteiger partial charge on any atom is -0.497 e. The van der Waals surface area contributed by atoms with Crippen LogP contribution in [-0.2, 0) is 6.54 Å². The van der Waals surface area contributed by atoms with E-state index in [9.17, 15) is 9.59 Å². The lowest BCUT2D eigenvalue weighted by Crippen LogP contribution is -2.32. The average molecular weight is 388 g/mol. The van der Waals surface area contributed by atoms with Gasteiger partial charge in [-0.2, -0.15) is 5.10 Å². The van der Waals surface area contributed by atoms with Crippen LogP contribution in [0.15, 0.2) is 71.5 Å². The van der Waals surface area contributed by atoms with Gasteiger partial charge in [0, 0.05) is 29.1 Å². The Morgan fingerprint density at radius 2 is 1.90 bits per heavy atom. The molecule has 2 aromatic carbocycles. The number of aromatic nitrogens is 3. The Bertz CT molecular complexity index is 1180. The molecule has 2 heterocycles. The third kappa shape index (κ3) is 4.03.